The summed E-state index contributed by atoms with van der Waals surface area (Å²) in [6.45, 7) is 2.11. The van der Waals surface area contributed by atoms with Crippen molar-refractivity contribution in [3.63, 3.8) is 0 Å². The second-order valence-electron chi connectivity index (χ2n) is 4.23. The van der Waals surface area contributed by atoms with Gasteiger partial charge in [-0.15, -0.1) is 11.8 Å². The van der Waals surface area contributed by atoms with Crippen molar-refractivity contribution < 1.29 is 0 Å². The summed E-state index contributed by atoms with van der Waals surface area (Å²) in [7, 11) is 0. The van der Waals surface area contributed by atoms with E-state index in [4.69, 9.17) is 18.0 Å². The molecule has 6 heteroatoms. The normalized spacial score (nSPS) is 10.4. The second kappa shape index (κ2) is 7.63. The van der Waals surface area contributed by atoms with E-state index in [2.05, 4.69) is 44.1 Å². The van der Waals surface area contributed by atoms with Gasteiger partial charge in [0.15, 0.2) is 0 Å². The van der Waals surface area contributed by atoms with E-state index in [9.17, 15) is 0 Å². The Hall–Kier alpha value is -0.560. The first kappa shape index (κ1) is 16.8. The van der Waals surface area contributed by atoms with E-state index >= 15 is 0 Å². The van der Waals surface area contributed by atoms with Gasteiger partial charge in [-0.1, -0.05) is 41.1 Å². The molecule has 21 heavy (non-hydrogen) atoms. The number of thioether (sulfide) groups is 1. The average molecular weight is 446 g/mol. The summed E-state index contributed by atoms with van der Waals surface area (Å²) >= 11 is 14.0. The first-order chi connectivity index (χ1) is 10.0. The quantitative estimate of drug-likeness (QED) is 0.457. The van der Waals surface area contributed by atoms with Gasteiger partial charge in [0.1, 0.15) is 4.99 Å². The average Bonchev–Trinajstić information content (AvgIpc) is 2.43. The molecular formula is C15H14Br2N2S2. The van der Waals surface area contributed by atoms with Crippen LogP contribution in [-0.2, 0) is 0 Å². The molecule has 2 rings (SSSR count). The van der Waals surface area contributed by atoms with E-state index < -0.39 is 0 Å². The van der Waals surface area contributed by atoms with Gasteiger partial charge in [-0.2, -0.15) is 0 Å². The third kappa shape index (κ3) is 4.22. The number of halogens is 2. The molecule has 3 N–H and O–H groups in total. The maximum Gasteiger partial charge on any atom is 0.107 e. The minimum atomic E-state index is 0.403. The van der Waals surface area contributed by atoms with E-state index in [0.29, 0.717) is 4.99 Å². The maximum atomic E-state index is 5.92. The Morgan fingerprint density at radius 2 is 2.00 bits per heavy atom. The summed E-state index contributed by atoms with van der Waals surface area (Å²) in [5.74, 6) is 0.972. The third-order valence-electron chi connectivity index (χ3n) is 2.77. The fourth-order valence-corrected chi connectivity index (χ4v) is 3.75. The molecule has 0 unspecified atom stereocenters. The summed E-state index contributed by atoms with van der Waals surface area (Å²) in [6.07, 6.45) is 0. The van der Waals surface area contributed by atoms with Crippen LogP contribution in [0.4, 0.5) is 11.4 Å². The van der Waals surface area contributed by atoms with Crippen LogP contribution in [0.15, 0.2) is 50.2 Å². The number of nitrogens with one attached hydrogen (secondary N) is 1. The summed E-state index contributed by atoms with van der Waals surface area (Å²) in [6, 6.07) is 12.0. The minimum Gasteiger partial charge on any atom is -0.389 e. The zero-order valence-electron chi connectivity index (χ0n) is 11.3. The van der Waals surface area contributed by atoms with Crippen molar-refractivity contribution in [1.82, 2.24) is 0 Å². The van der Waals surface area contributed by atoms with Crippen LogP contribution in [0.3, 0.4) is 0 Å². The highest BCUT2D eigenvalue weighted by atomic mass is 79.9. The van der Waals surface area contributed by atoms with Crippen LogP contribution in [0.1, 0.15) is 12.5 Å². The van der Waals surface area contributed by atoms with Gasteiger partial charge in [0.2, 0.25) is 0 Å². The summed E-state index contributed by atoms with van der Waals surface area (Å²) in [5, 5.41) is 3.40. The standard InChI is InChI=1S/C15H14Br2N2S2/c1-2-21-13-5-3-4-11(14(13)15(18)20)19-12-8-9(16)6-7-10(12)17/h3-8,19H,2H2,1H3,(H2,18,20). The van der Waals surface area contributed by atoms with Gasteiger partial charge >= 0.3 is 0 Å². The molecule has 0 aliphatic heterocycles. The van der Waals surface area contributed by atoms with Gasteiger partial charge in [-0.25, -0.2) is 0 Å². The Bertz CT molecular complexity index is 675. The largest absolute Gasteiger partial charge is 0.389 e. The van der Waals surface area contributed by atoms with Crippen molar-refractivity contribution in [1.29, 1.82) is 0 Å². The fourth-order valence-electron chi connectivity index (χ4n) is 1.90. The van der Waals surface area contributed by atoms with Gasteiger partial charge in [0, 0.05) is 25.1 Å². The Morgan fingerprint density at radius 1 is 1.24 bits per heavy atom. The topological polar surface area (TPSA) is 38.0 Å². The van der Waals surface area contributed by atoms with E-state index in [1.807, 2.05) is 36.4 Å². The lowest BCUT2D eigenvalue weighted by Crippen LogP contribution is -2.13. The zero-order valence-corrected chi connectivity index (χ0v) is 16.1. The number of nitrogens with two attached hydrogens (primary N) is 1. The maximum absolute atomic E-state index is 5.92. The highest BCUT2D eigenvalue weighted by Crippen LogP contribution is 2.33. The lowest BCUT2D eigenvalue weighted by atomic mass is 10.1. The number of thiocarbonyl (C=S) groups is 1. The Balaban J connectivity index is 2.46. The molecule has 0 spiro atoms. The van der Waals surface area contributed by atoms with Gasteiger partial charge < -0.3 is 11.1 Å². The summed E-state index contributed by atoms with van der Waals surface area (Å²) < 4.78 is 1.98. The number of hydrogen-bond donors (Lipinski definition) is 2. The highest BCUT2D eigenvalue weighted by Gasteiger charge is 2.12. The predicted octanol–water partition coefficient (Wildman–Crippen LogP) is 5.70. The van der Waals surface area contributed by atoms with Crippen molar-refractivity contribution in [2.24, 2.45) is 5.73 Å². The van der Waals surface area contributed by atoms with E-state index in [1.165, 1.54) is 0 Å². The van der Waals surface area contributed by atoms with Gasteiger partial charge in [-0.3, -0.25) is 0 Å². The number of benzene rings is 2. The minimum absolute atomic E-state index is 0.403. The molecule has 0 amide bonds. The summed E-state index contributed by atoms with van der Waals surface area (Å²) in [5.41, 5.74) is 8.69. The van der Waals surface area contributed by atoms with E-state index in [-0.39, 0.29) is 0 Å². The van der Waals surface area contributed by atoms with Crippen LogP contribution in [0.2, 0.25) is 0 Å². The van der Waals surface area contributed by atoms with Crippen molar-refractivity contribution >= 4 is 72.2 Å². The number of rotatable bonds is 5. The molecule has 0 saturated carbocycles. The van der Waals surface area contributed by atoms with Crippen LogP contribution >= 0.6 is 55.8 Å². The van der Waals surface area contributed by atoms with Crippen molar-refractivity contribution in [3.05, 3.63) is 50.9 Å². The van der Waals surface area contributed by atoms with Crippen LogP contribution in [0.5, 0.6) is 0 Å². The molecule has 0 heterocycles. The molecule has 2 aromatic rings. The molecule has 0 bridgehead atoms. The van der Waals surface area contributed by atoms with Gasteiger partial charge in [0.05, 0.1) is 5.69 Å². The number of hydrogen-bond acceptors (Lipinski definition) is 3. The van der Waals surface area contributed by atoms with Gasteiger partial charge in [0.25, 0.3) is 0 Å². The molecule has 0 radical (unpaired) electrons. The SMILES string of the molecule is CCSc1cccc(Nc2cc(Br)ccc2Br)c1C(N)=S. The van der Waals surface area contributed by atoms with Crippen molar-refractivity contribution in [2.45, 2.75) is 11.8 Å². The van der Waals surface area contributed by atoms with Crippen molar-refractivity contribution in [3.8, 4) is 0 Å². The van der Waals surface area contributed by atoms with E-state index in [1.54, 1.807) is 11.8 Å². The molecule has 110 valence electrons. The fraction of sp³-hybridized carbons (Fsp3) is 0.133. The number of anilines is 2. The molecule has 2 nitrogen and oxygen atoms in total. The van der Waals surface area contributed by atoms with Crippen LogP contribution < -0.4 is 11.1 Å². The molecule has 0 fully saturated rings. The smallest absolute Gasteiger partial charge is 0.107 e. The molecule has 2 aromatic carbocycles. The Kier molecular flexibility index (Phi) is 6.10. The first-order valence-electron chi connectivity index (χ1n) is 6.30. The third-order valence-corrected chi connectivity index (χ3v) is 5.10. The zero-order chi connectivity index (χ0) is 15.4. The molecule has 0 aliphatic carbocycles. The van der Waals surface area contributed by atoms with E-state index in [0.717, 1.165) is 36.5 Å². The molecule has 0 aliphatic rings. The first-order valence-corrected chi connectivity index (χ1v) is 9.28. The van der Waals surface area contributed by atoms with Crippen LogP contribution in [0, 0.1) is 0 Å². The monoisotopic (exact) mass is 444 g/mol. The highest BCUT2D eigenvalue weighted by molar-refractivity contribution is 9.11. The molecule has 0 atom stereocenters. The van der Waals surface area contributed by atoms with Crippen LogP contribution in [0.25, 0.3) is 0 Å². The Morgan fingerprint density at radius 3 is 2.67 bits per heavy atom. The Labute approximate surface area is 151 Å². The lowest BCUT2D eigenvalue weighted by Gasteiger charge is -2.16. The van der Waals surface area contributed by atoms with Gasteiger partial charge in [-0.05, 0) is 52.0 Å². The lowest BCUT2D eigenvalue weighted by molar-refractivity contribution is 1.37. The van der Waals surface area contributed by atoms with Crippen molar-refractivity contribution in [2.75, 3.05) is 11.1 Å². The predicted molar refractivity (Wildman–Crippen MR) is 104 cm³/mol. The molecular weight excluding hydrogens is 432 g/mol. The molecule has 0 saturated heterocycles. The van der Waals surface area contributed by atoms with Crippen LogP contribution in [-0.4, -0.2) is 10.7 Å². The molecule has 0 aromatic heterocycles. The second-order valence-corrected chi connectivity index (χ2v) is 7.74. The summed E-state index contributed by atoms with van der Waals surface area (Å²) in [4.78, 5) is 1.50.